The number of aliphatic hydroxyl groups excluding tert-OH is 1. The Kier molecular flexibility index (Phi) is 4.14. The van der Waals surface area contributed by atoms with Gasteiger partial charge in [0.25, 0.3) is 0 Å². The molecule has 0 fully saturated rings. The number of ether oxygens (including phenoxy) is 1. The van der Waals surface area contributed by atoms with Gasteiger partial charge in [-0.25, -0.2) is 4.68 Å². The maximum atomic E-state index is 10.5. The molecule has 0 aliphatic carbocycles. The summed E-state index contributed by atoms with van der Waals surface area (Å²) in [7, 11) is 3.42. The van der Waals surface area contributed by atoms with Crippen molar-refractivity contribution in [2.75, 3.05) is 7.11 Å². The molecule has 0 spiro atoms. The Morgan fingerprint density at radius 2 is 1.95 bits per heavy atom. The molecule has 0 saturated carbocycles. The zero-order valence-corrected chi connectivity index (χ0v) is 12.8. The lowest BCUT2D eigenvalue weighted by molar-refractivity contribution is 0.172. The van der Waals surface area contributed by atoms with Crippen LogP contribution in [0.15, 0.2) is 18.2 Å². The highest BCUT2D eigenvalue weighted by molar-refractivity contribution is 5.36. The standard InChI is InChI=1S/C16H22N2O2/c1-10-6-7-13(8-11(10)2)9-14(19)15-12(3)17-18(4)16(15)20-5/h6-8,14,19H,9H2,1-5H3. The van der Waals surface area contributed by atoms with Crippen LogP contribution < -0.4 is 4.74 Å². The molecule has 1 heterocycles. The summed E-state index contributed by atoms with van der Waals surface area (Å²) in [5.74, 6) is 0.624. The first-order valence-electron chi connectivity index (χ1n) is 6.75. The van der Waals surface area contributed by atoms with Gasteiger partial charge in [-0.15, -0.1) is 0 Å². The summed E-state index contributed by atoms with van der Waals surface area (Å²) in [6.07, 6.45) is -0.0509. The highest BCUT2D eigenvalue weighted by atomic mass is 16.5. The largest absolute Gasteiger partial charge is 0.481 e. The lowest BCUT2D eigenvalue weighted by Gasteiger charge is -2.13. The number of aliphatic hydroxyl groups is 1. The average molecular weight is 274 g/mol. The highest BCUT2D eigenvalue weighted by Gasteiger charge is 2.21. The zero-order chi connectivity index (χ0) is 14.9. The molecule has 0 radical (unpaired) electrons. The minimum atomic E-state index is -0.610. The number of aryl methyl sites for hydroxylation is 4. The molecule has 1 aromatic carbocycles. The van der Waals surface area contributed by atoms with E-state index >= 15 is 0 Å². The summed E-state index contributed by atoms with van der Waals surface area (Å²) < 4.78 is 7.00. The maximum Gasteiger partial charge on any atom is 0.217 e. The molecule has 4 heteroatoms. The summed E-state index contributed by atoms with van der Waals surface area (Å²) in [5, 5.41) is 14.8. The highest BCUT2D eigenvalue weighted by Crippen LogP contribution is 2.30. The van der Waals surface area contributed by atoms with Crippen LogP contribution in [0.5, 0.6) is 5.88 Å². The first kappa shape index (κ1) is 14.6. The van der Waals surface area contributed by atoms with Crippen LogP contribution >= 0.6 is 0 Å². The number of hydrogen-bond donors (Lipinski definition) is 1. The van der Waals surface area contributed by atoms with Crippen LogP contribution in [-0.4, -0.2) is 22.0 Å². The molecule has 1 aromatic heterocycles. The van der Waals surface area contributed by atoms with Gasteiger partial charge in [0, 0.05) is 13.5 Å². The van der Waals surface area contributed by atoms with E-state index in [1.54, 1.807) is 11.8 Å². The van der Waals surface area contributed by atoms with Crippen molar-refractivity contribution in [2.24, 2.45) is 7.05 Å². The van der Waals surface area contributed by atoms with Crippen LogP contribution in [0, 0.1) is 20.8 Å². The zero-order valence-electron chi connectivity index (χ0n) is 12.8. The van der Waals surface area contributed by atoms with Crippen LogP contribution in [0.25, 0.3) is 0 Å². The normalized spacial score (nSPS) is 12.5. The van der Waals surface area contributed by atoms with Gasteiger partial charge >= 0.3 is 0 Å². The molecule has 1 unspecified atom stereocenters. The van der Waals surface area contributed by atoms with Gasteiger partial charge in [0.15, 0.2) is 0 Å². The lowest BCUT2D eigenvalue weighted by atomic mass is 9.98. The van der Waals surface area contributed by atoms with Crippen molar-refractivity contribution in [3.05, 3.63) is 46.1 Å². The number of hydrogen-bond acceptors (Lipinski definition) is 3. The second kappa shape index (κ2) is 5.67. The number of methoxy groups -OCH3 is 1. The van der Waals surface area contributed by atoms with Crippen molar-refractivity contribution in [3.63, 3.8) is 0 Å². The molecule has 0 saturated heterocycles. The fourth-order valence-electron chi connectivity index (χ4n) is 2.53. The minimum Gasteiger partial charge on any atom is -0.481 e. The first-order valence-corrected chi connectivity index (χ1v) is 6.75. The van der Waals surface area contributed by atoms with Crippen LogP contribution in [0.2, 0.25) is 0 Å². The second-order valence-electron chi connectivity index (χ2n) is 5.27. The molecule has 1 N–H and O–H groups in total. The predicted molar refractivity (Wildman–Crippen MR) is 79.1 cm³/mol. The predicted octanol–water partition coefficient (Wildman–Crippen LogP) is 2.63. The van der Waals surface area contributed by atoms with Crippen LogP contribution in [-0.2, 0) is 13.5 Å². The SMILES string of the molecule is COc1c(C(O)Cc2ccc(C)c(C)c2)c(C)nn1C. The van der Waals surface area contributed by atoms with Gasteiger partial charge in [0.05, 0.1) is 24.5 Å². The number of nitrogens with zero attached hydrogens (tertiary/aromatic N) is 2. The molecule has 0 aliphatic rings. The van der Waals surface area contributed by atoms with E-state index in [4.69, 9.17) is 4.74 Å². The summed E-state index contributed by atoms with van der Waals surface area (Å²) in [5.41, 5.74) is 5.20. The molecule has 108 valence electrons. The Bertz CT molecular complexity index is 617. The Hall–Kier alpha value is -1.81. The first-order chi connectivity index (χ1) is 9.43. The molecule has 4 nitrogen and oxygen atoms in total. The molecular formula is C16H22N2O2. The Balaban J connectivity index is 2.28. The minimum absolute atomic E-state index is 0.560. The quantitative estimate of drug-likeness (QED) is 0.932. The fraction of sp³-hybridized carbons (Fsp3) is 0.438. The van der Waals surface area contributed by atoms with E-state index in [2.05, 4.69) is 37.1 Å². The summed E-state index contributed by atoms with van der Waals surface area (Å²) >= 11 is 0. The van der Waals surface area contributed by atoms with Crippen LogP contribution in [0.4, 0.5) is 0 Å². The third-order valence-electron chi connectivity index (χ3n) is 3.74. The molecule has 0 bridgehead atoms. The third-order valence-corrected chi connectivity index (χ3v) is 3.74. The molecule has 0 amide bonds. The van der Waals surface area contributed by atoms with Crippen molar-refractivity contribution in [1.29, 1.82) is 0 Å². The van der Waals surface area contributed by atoms with Crippen LogP contribution in [0.3, 0.4) is 0 Å². The van der Waals surface area contributed by atoms with Gasteiger partial charge in [-0.2, -0.15) is 5.10 Å². The van der Waals surface area contributed by atoms with Gasteiger partial charge < -0.3 is 9.84 Å². The van der Waals surface area contributed by atoms with Crippen molar-refractivity contribution in [2.45, 2.75) is 33.3 Å². The van der Waals surface area contributed by atoms with E-state index in [0.717, 1.165) is 16.8 Å². The van der Waals surface area contributed by atoms with Gasteiger partial charge in [-0.3, -0.25) is 0 Å². The van der Waals surface area contributed by atoms with Crippen molar-refractivity contribution in [3.8, 4) is 5.88 Å². The Morgan fingerprint density at radius 1 is 1.25 bits per heavy atom. The Labute approximate surface area is 120 Å². The third kappa shape index (κ3) is 2.70. The van der Waals surface area contributed by atoms with Crippen molar-refractivity contribution >= 4 is 0 Å². The van der Waals surface area contributed by atoms with Crippen molar-refractivity contribution < 1.29 is 9.84 Å². The number of aromatic nitrogens is 2. The summed E-state index contributed by atoms with van der Waals surface area (Å²) in [6.45, 7) is 6.06. The molecule has 1 atom stereocenters. The van der Waals surface area contributed by atoms with E-state index in [0.29, 0.717) is 12.3 Å². The fourth-order valence-corrected chi connectivity index (χ4v) is 2.53. The molecule has 2 aromatic rings. The topological polar surface area (TPSA) is 47.3 Å². The summed E-state index contributed by atoms with van der Waals surface area (Å²) in [6, 6.07) is 6.27. The molecule has 20 heavy (non-hydrogen) atoms. The van der Waals surface area contributed by atoms with Gasteiger partial charge in [0.1, 0.15) is 0 Å². The number of rotatable bonds is 4. The summed E-state index contributed by atoms with van der Waals surface area (Å²) in [4.78, 5) is 0. The van der Waals surface area contributed by atoms with E-state index in [1.165, 1.54) is 11.1 Å². The van der Waals surface area contributed by atoms with Gasteiger partial charge in [-0.1, -0.05) is 18.2 Å². The lowest BCUT2D eigenvalue weighted by Crippen LogP contribution is -2.05. The van der Waals surface area contributed by atoms with E-state index < -0.39 is 6.10 Å². The van der Waals surface area contributed by atoms with Crippen molar-refractivity contribution in [1.82, 2.24) is 9.78 Å². The van der Waals surface area contributed by atoms with E-state index in [1.807, 2.05) is 14.0 Å². The second-order valence-corrected chi connectivity index (χ2v) is 5.27. The van der Waals surface area contributed by atoms with Gasteiger partial charge in [-0.05, 0) is 37.5 Å². The van der Waals surface area contributed by atoms with Crippen LogP contribution in [0.1, 0.15) is 34.1 Å². The smallest absolute Gasteiger partial charge is 0.217 e. The average Bonchev–Trinajstić information content (AvgIpc) is 2.68. The number of benzene rings is 1. The maximum absolute atomic E-state index is 10.5. The molecule has 2 rings (SSSR count). The Morgan fingerprint density at radius 3 is 2.55 bits per heavy atom. The van der Waals surface area contributed by atoms with Gasteiger partial charge in [0.2, 0.25) is 5.88 Å². The molecular weight excluding hydrogens is 252 g/mol. The van der Waals surface area contributed by atoms with E-state index in [-0.39, 0.29) is 0 Å². The molecule has 0 aliphatic heterocycles. The monoisotopic (exact) mass is 274 g/mol. The van der Waals surface area contributed by atoms with E-state index in [9.17, 15) is 5.11 Å².